The van der Waals surface area contributed by atoms with Crippen molar-refractivity contribution in [1.29, 1.82) is 0 Å². The van der Waals surface area contributed by atoms with Gasteiger partial charge >= 0.3 is 0 Å². The molecule has 1 aromatic carbocycles. The normalized spacial score (nSPS) is 18.1. The predicted octanol–water partition coefficient (Wildman–Crippen LogP) is 1.64. The van der Waals surface area contributed by atoms with Gasteiger partial charge in [0, 0.05) is 9.13 Å². The summed E-state index contributed by atoms with van der Waals surface area (Å²) in [4.78, 5) is 13.4. The molecule has 1 amide bonds. The molecule has 1 N–H and O–H groups in total. The van der Waals surface area contributed by atoms with Crippen molar-refractivity contribution in [2.75, 3.05) is 13.1 Å². The number of halogens is 2. The van der Waals surface area contributed by atoms with Crippen LogP contribution < -0.4 is 0 Å². The van der Waals surface area contributed by atoms with Gasteiger partial charge in [0.1, 0.15) is 5.82 Å². The molecule has 0 bridgehead atoms. The molecule has 2 rings (SSSR count). The van der Waals surface area contributed by atoms with Gasteiger partial charge in [0.2, 0.25) is 0 Å². The van der Waals surface area contributed by atoms with Crippen LogP contribution in [0.3, 0.4) is 0 Å². The largest absolute Gasteiger partial charge is 0.386 e. The smallest absolute Gasteiger partial charge is 0.254 e. The summed E-state index contributed by atoms with van der Waals surface area (Å²) in [5.41, 5.74) is -0.315. The third kappa shape index (κ3) is 2.20. The van der Waals surface area contributed by atoms with E-state index >= 15 is 0 Å². The van der Waals surface area contributed by atoms with E-state index in [1.807, 2.05) is 22.6 Å². The number of hydrogen-bond donors (Lipinski definition) is 1. The van der Waals surface area contributed by atoms with Crippen LogP contribution in [0.5, 0.6) is 0 Å². The zero-order chi connectivity index (χ0) is 11.9. The van der Waals surface area contributed by atoms with Crippen molar-refractivity contribution in [2.45, 2.75) is 12.5 Å². The summed E-state index contributed by atoms with van der Waals surface area (Å²) < 4.78 is 13.4. The zero-order valence-corrected chi connectivity index (χ0v) is 10.9. The topological polar surface area (TPSA) is 40.5 Å². The number of rotatable bonds is 1. The molecule has 0 radical (unpaired) electrons. The fourth-order valence-electron chi connectivity index (χ4n) is 1.73. The first-order valence-electron chi connectivity index (χ1n) is 4.86. The summed E-state index contributed by atoms with van der Waals surface area (Å²) in [7, 11) is 0. The van der Waals surface area contributed by atoms with Gasteiger partial charge in [0.15, 0.2) is 0 Å². The molecule has 5 heteroatoms. The van der Waals surface area contributed by atoms with E-state index in [0.717, 1.165) is 0 Å². The summed E-state index contributed by atoms with van der Waals surface area (Å²) in [5.74, 6) is -0.489. The maximum absolute atomic E-state index is 13.0. The van der Waals surface area contributed by atoms with Crippen LogP contribution in [-0.2, 0) is 0 Å². The van der Waals surface area contributed by atoms with E-state index in [1.54, 1.807) is 11.8 Å². The number of hydrogen-bond acceptors (Lipinski definition) is 2. The van der Waals surface area contributed by atoms with Crippen molar-refractivity contribution < 1.29 is 14.3 Å². The molecule has 1 fully saturated rings. The fourth-order valence-corrected chi connectivity index (χ4v) is 2.25. The number of carbonyl (C=O) groups excluding carboxylic acids is 1. The van der Waals surface area contributed by atoms with Gasteiger partial charge in [-0.25, -0.2) is 4.39 Å². The number of carbonyl (C=O) groups is 1. The third-order valence-electron chi connectivity index (χ3n) is 2.52. The molecular weight excluding hydrogens is 324 g/mol. The molecule has 1 aromatic rings. The second kappa shape index (κ2) is 3.96. The fraction of sp³-hybridized carbons (Fsp3) is 0.364. The Labute approximate surface area is 106 Å². The molecule has 0 unspecified atom stereocenters. The number of β-amino-alcohol motifs (C(OH)–C–C–N with tert-alkyl or cyclic N) is 1. The van der Waals surface area contributed by atoms with Crippen LogP contribution in [0.4, 0.5) is 4.39 Å². The Balaban J connectivity index is 2.13. The summed E-state index contributed by atoms with van der Waals surface area (Å²) in [6.45, 7) is 2.35. The first-order valence-corrected chi connectivity index (χ1v) is 5.94. The highest BCUT2D eigenvalue weighted by atomic mass is 127. The van der Waals surface area contributed by atoms with Crippen LogP contribution in [0.1, 0.15) is 17.3 Å². The van der Waals surface area contributed by atoms with E-state index in [1.165, 1.54) is 18.2 Å². The molecule has 1 aliphatic heterocycles. The molecular formula is C11H11FINO2. The lowest BCUT2D eigenvalue weighted by Gasteiger charge is -2.44. The van der Waals surface area contributed by atoms with E-state index < -0.39 is 5.60 Å². The number of benzene rings is 1. The Morgan fingerprint density at radius 2 is 2.19 bits per heavy atom. The van der Waals surface area contributed by atoms with Crippen LogP contribution in [0.25, 0.3) is 0 Å². The van der Waals surface area contributed by atoms with Gasteiger partial charge in [-0.05, 0) is 47.7 Å². The lowest BCUT2D eigenvalue weighted by Crippen LogP contribution is -2.61. The molecule has 0 spiro atoms. The number of nitrogens with zero attached hydrogens (tertiary/aromatic N) is 1. The van der Waals surface area contributed by atoms with Gasteiger partial charge in [-0.1, -0.05) is 0 Å². The molecule has 1 heterocycles. The minimum atomic E-state index is -0.775. The standard InChI is InChI=1S/C11H11FINO2/c1-11(16)5-14(6-11)10(15)7-2-3-8(12)9(13)4-7/h2-4,16H,5-6H2,1H3. The van der Waals surface area contributed by atoms with Crippen molar-refractivity contribution >= 4 is 28.5 Å². The average molecular weight is 335 g/mol. The monoisotopic (exact) mass is 335 g/mol. The first-order chi connectivity index (χ1) is 7.39. The molecule has 0 aromatic heterocycles. The maximum Gasteiger partial charge on any atom is 0.254 e. The minimum Gasteiger partial charge on any atom is -0.386 e. The molecule has 16 heavy (non-hydrogen) atoms. The molecule has 1 saturated heterocycles. The second-order valence-corrected chi connectivity index (χ2v) is 5.45. The highest BCUT2D eigenvalue weighted by Gasteiger charge is 2.39. The summed E-state index contributed by atoms with van der Waals surface area (Å²) in [5, 5.41) is 9.52. The molecule has 3 nitrogen and oxygen atoms in total. The Bertz CT molecular complexity index is 440. The van der Waals surface area contributed by atoms with Crippen molar-refractivity contribution in [3.63, 3.8) is 0 Å². The highest BCUT2D eigenvalue weighted by Crippen LogP contribution is 2.23. The van der Waals surface area contributed by atoms with Crippen molar-refractivity contribution in [3.05, 3.63) is 33.1 Å². The molecule has 86 valence electrons. The highest BCUT2D eigenvalue weighted by molar-refractivity contribution is 14.1. The van der Waals surface area contributed by atoms with E-state index in [4.69, 9.17) is 0 Å². The van der Waals surface area contributed by atoms with Gasteiger partial charge in [-0.15, -0.1) is 0 Å². The van der Waals surface area contributed by atoms with Crippen LogP contribution in [0.2, 0.25) is 0 Å². The second-order valence-electron chi connectivity index (χ2n) is 4.29. The van der Waals surface area contributed by atoms with Gasteiger partial charge in [0.05, 0.1) is 18.7 Å². The molecule has 0 aliphatic carbocycles. The molecule has 0 atom stereocenters. The zero-order valence-electron chi connectivity index (χ0n) is 8.70. The van der Waals surface area contributed by atoms with E-state index in [0.29, 0.717) is 22.2 Å². The van der Waals surface area contributed by atoms with Gasteiger partial charge < -0.3 is 10.0 Å². The Hall–Kier alpha value is -0.690. The van der Waals surface area contributed by atoms with Crippen molar-refractivity contribution in [1.82, 2.24) is 4.90 Å². The molecule has 0 saturated carbocycles. The summed E-state index contributed by atoms with van der Waals surface area (Å²) in [6, 6.07) is 4.27. The number of aliphatic hydroxyl groups is 1. The third-order valence-corrected chi connectivity index (χ3v) is 3.34. The predicted molar refractivity (Wildman–Crippen MR) is 65.6 cm³/mol. The average Bonchev–Trinajstić information content (AvgIpc) is 2.17. The molecule has 1 aliphatic rings. The lowest BCUT2D eigenvalue weighted by molar-refractivity contribution is -0.0668. The Kier molecular flexibility index (Phi) is 2.91. The van der Waals surface area contributed by atoms with Crippen molar-refractivity contribution in [2.24, 2.45) is 0 Å². The maximum atomic E-state index is 13.0. The Morgan fingerprint density at radius 1 is 1.56 bits per heavy atom. The van der Waals surface area contributed by atoms with Crippen molar-refractivity contribution in [3.8, 4) is 0 Å². The van der Waals surface area contributed by atoms with E-state index in [2.05, 4.69) is 0 Å². The van der Waals surface area contributed by atoms with Crippen LogP contribution in [-0.4, -0.2) is 34.6 Å². The van der Waals surface area contributed by atoms with Crippen LogP contribution >= 0.6 is 22.6 Å². The van der Waals surface area contributed by atoms with E-state index in [-0.39, 0.29) is 11.7 Å². The lowest BCUT2D eigenvalue weighted by atomic mass is 9.96. The van der Waals surface area contributed by atoms with Gasteiger partial charge in [-0.3, -0.25) is 4.79 Å². The summed E-state index contributed by atoms with van der Waals surface area (Å²) in [6.07, 6.45) is 0. The minimum absolute atomic E-state index is 0.163. The van der Waals surface area contributed by atoms with Gasteiger partial charge in [0.25, 0.3) is 5.91 Å². The first kappa shape index (κ1) is 11.8. The Morgan fingerprint density at radius 3 is 2.69 bits per heavy atom. The number of amides is 1. The quantitative estimate of drug-likeness (QED) is 0.793. The van der Waals surface area contributed by atoms with E-state index in [9.17, 15) is 14.3 Å². The summed E-state index contributed by atoms with van der Waals surface area (Å²) >= 11 is 1.85. The van der Waals surface area contributed by atoms with Crippen LogP contribution in [0.15, 0.2) is 18.2 Å². The SMILES string of the molecule is CC1(O)CN(C(=O)c2ccc(F)c(I)c2)C1. The number of likely N-dealkylation sites (tertiary alicyclic amines) is 1. The van der Waals surface area contributed by atoms with Gasteiger partial charge in [-0.2, -0.15) is 0 Å². The van der Waals surface area contributed by atoms with Crippen LogP contribution in [0, 0.1) is 9.39 Å².